The van der Waals surface area contributed by atoms with Crippen LogP contribution in [0.3, 0.4) is 0 Å². The number of benzene rings is 2. The number of nitrogens with one attached hydrogen (secondary N) is 1. The molecule has 1 unspecified atom stereocenters. The van der Waals surface area contributed by atoms with E-state index >= 15 is 0 Å². The second-order valence-electron chi connectivity index (χ2n) is 6.26. The van der Waals surface area contributed by atoms with E-state index in [9.17, 15) is 22.8 Å². The molecular weight excluding hydrogens is 411 g/mol. The quantitative estimate of drug-likeness (QED) is 0.600. The molecule has 1 aromatic heterocycles. The molecule has 1 heterocycles. The van der Waals surface area contributed by atoms with Crippen LogP contribution in [-0.2, 0) is 11.0 Å². The van der Waals surface area contributed by atoms with Gasteiger partial charge in [0.15, 0.2) is 6.61 Å². The predicted molar refractivity (Wildman–Crippen MR) is 101 cm³/mol. The molecule has 29 heavy (non-hydrogen) atoms. The minimum Gasteiger partial charge on any atom is -0.484 e. The summed E-state index contributed by atoms with van der Waals surface area (Å²) in [4.78, 5) is 23.5. The minimum absolute atomic E-state index is 0.0919. The van der Waals surface area contributed by atoms with Gasteiger partial charge < -0.3 is 14.5 Å². The molecule has 2 aromatic carbocycles. The summed E-state index contributed by atoms with van der Waals surface area (Å²) in [6.45, 7) is 1.41. The first-order valence-corrected chi connectivity index (χ1v) is 8.84. The molecule has 152 valence electrons. The van der Waals surface area contributed by atoms with Crippen LogP contribution in [0.15, 0.2) is 57.7 Å². The number of alkyl halides is 3. The lowest BCUT2D eigenvalue weighted by molar-refractivity contribution is -0.136. The average Bonchev–Trinajstić information content (AvgIpc) is 2.65. The van der Waals surface area contributed by atoms with E-state index in [0.717, 1.165) is 17.7 Å². The molecule has 1 N–H and O–H groups in total. The highest BCUT2D eigenvalue weighted by Crippen LogP contribution is 2.34. The van der Waals surface area contributed by atoms with Gasteiger partial charge in [-0.2, -0.15) is 13.2 Å². The number of hydrogen-bond donors (Lipinski definition) is 1. The number of hydrogen-bond acceptors (Lipinski definition) is 4. The summed E-state index contributed by atoms with van der Waals surface area (Å²) in [5.74, 6) is -0.340. The van der Waals surface area contributed by atoms with E-state index in [1.165, 1.54) is 6.07 Å². The van der Waals surface area contributed by atoms with Gasteiger partial charge in [-0.25, -0.2) is 4.79 Å². The van der Waals surface area contributed by atoms with Crippen LogP contribution >= 0.6 is 11.6 Å². The molecule has 0 radical (unpaired) electrons. The number of rotatable bonds is 5. The largest absolute Gasteiger partial charge is 0.484 e. The molecule has 9 heteroatoms. The maximum atomic E-state index is 13.1. The lowest BCUT2D eigenvalue weighted by Crippen LogP contribution is -2.31. The third kappa shape index (κ3) is 5.08. The van der Waals surface area contributed by atoms with Crippen molar-refractivity contribution in [2.45, 2.75) is 19.1 Å². The second kappa shape index (κ2) is 8.16. The highest BCUT2D eigenvalue weighted by Gasteiger charge is 2.33. The molecule has 0 aliphatic rings. The van der Waals surface area contributed by atoms with Crippen LogP contribution in [-0.4, -0.2) is 12.5 Å². The Hall–Kier alpha value is -3.00. The van der Waals surface area contributed by atoms with E-state index in [-0.39, 0.29) is 29.4 Å². The van der Waals surface area contributed by atoms with Crippen molar-refractivity contribution >= 4 is 28.5 Å². The number of halogens is 4. The van der Waals surface area contributed by atoms with Crippen molar-refractivity contribution in [1.29, 1.82) is 0 Å². The summed E-state index contributed by atoms with van der Waals surface area (Å²) in [5, 5.41) is 3.04. The van der Waals surface area contributed by atoms with E-state index in [0.29, 0.717) is 11.1 Å². The van der Waals surface area contributed by atoms with Crippen molar-refractivity contribution in [3.63, 3.8) is 0 Å². The first kappa shape index (κ1) is 20.7. The Labute approximate surface area is 168 Å². The van der Waals surface area contributed by atoms with Gasteiger partial charge in [-0.05, 0) is 36.8 Å². The van der Waals surface area contributed by atoms with E-state index in [1.54, 1.807) is 31.2 Å². The summed E-state index contributed by atoms with van der Waals surface area (Å²) in [5.41, 5.74) is -1.66. The standard InChI is InChI=1S/C20H15ClF3NO4/c1-11(12-2-4-13(21)5-3-12)25-18(26)10-28-14-6-7-15-16(20(22,23)24)9-19(27)29-17(15)8-14/h2-9,11H,10H2,1H3,(H,25,26). The van der Waals surface area contributed by atoms with Crippen molar-refractivity contribution in [2.75, 3.05) is 6.61 Å². The van der Waals surface area contributed by atoms with Crippen LogP contribution in [0.2, 0.25) is 5.02 Å². The average molecular weight is 426 g/mol. The van der Waals surface area contributed by atoms with Crippen LogP contribution in [0.4, 0.5) is 13.2 Å². The van der Waals surface area contributed by atoms with Crippen LogP contribution in [0.1, 0.15) is 24.1 Å². The Kier molecular flexibility index (Phi) is 5.83. The van der Waals surface area contributed by atoms with Gasteiger partial charge in [-0.1, -0.05) is 23.7 Å². The molecule has 5 nitrogen and oxygen atoms in total. The zero-order chi connectivity index (χ0) is 21.2. The highest BCUT2D eigenvalue weighted by atomic mass is 35.5. The Morgan fingerprint density at radius 2 is 1.86 bits per heavy atom. The van der Waals surface area contributed by atoms with E-state index in [2.05, 4.69) is 5.32 Å². The Bertz CT molecular complexity index is 1090. The van der Waals surface area contributed by atoms with Crippen molar-refractivity contribution in [1.82, 2.24) is 5.32 Å². The van der Waals surface area contributed by atoms with Crippen LogP contribution in [0.25, 0.3) is 11.0 Å². The molecule has 0 saturated heterocycles. The van der Waals surface area contributed by atoms with Gasteiger partial charge in [0.25, 0.3) is 5.91 Å². The topological polar surface area (TPSA) is 68.5 Å². The van der Waals surface area contributed by atoms with Gasteiger partial charge in [0.2, 0.25) is 0 Å². The number of ether oxygens (including phenoxy) is 1. The van der Waals surface area contributed by atoms with Crippen molar-refractivity contribution < 1.29 is 27.1 Å². The fourth-order valence-corrected chi connectivity index (χ4v) is 2.86. The van der Waals surface area contributed by atoms with E-state index in [4.69, 9.17) is 20.8 Å². The maximum Gasteiger partial charge on any atom is 0.417 e. The number of carbonyl (C=O) groups is 1. The summed E-state index contributed by atoms with van der Waals surface area (Å²) < 4.78 is 49.3. The Balaban J connectivity index is 1.69. The monoisotopic (exact) mass is 425 g/mol. The minimum atomic E-state index is -4.70. The first-order chi connectivity index (χ1) is 13.6. The van der Waals surface area contributed by atoms with E-state index < -0.39 is 23.3 Å². The van der Waals surface area contributed by atoms with Crippen LogP contribution in [0.5, 0.6) is 5.75 Å². The summed E-state index contributed by atoms with van der Waals surface area (Å²) in [6.07, 6.45) is -4.70. The number of amides is 1. The molecule has 0 saturated carbocycles. The molecule has 3 aromatic rings. The zero-order valence-corrected chi connectivity index (χ0v) is 15.8. The molecule has 0 aliphatic carbocycles. The van der Waals surface area contributed by atoms with Crippen LogP contribution < -0.4 is 15.7 Å². The Morgan fingerprint density at radius 3 is 2.52 bits per heavy atom. The molecule has 1 amide bonds. The molecular formula is C20H15ClF3NO4. The fourth-order valence-electron chi connectivity index (χ4n) is 2.73. The first-order valence-electron chi connectivity index (χ1n) is 8.46. The number of fused-ring (bicyclic) bond motifs is 1. The van der Waals surface area contributed by atoms with Crippen molar-refractivity contribution in [3.8, 4) is 5.75 Å². The summed E-state index contributed by atoms with van der Waals surface area (Å²) in [6, 6.07) is 10.6. The third-order valence-corrected chi connectivity index (χ3v) is 4.39. The smallest absolute Gasteiger partial charge is 0.417 e. The SMILES string of the molecule is CC(NC(=O)COc1ccc2c(C(F)(F)F)cc(=O)oc2c1)c1ccc(Cl)cc1. The molecule has 3 rings (SSSR count). The van der Waals surface area contributed by atoms with Gasteiger partial charge in [0.1, 0.15) is 11.3 Å². The summed E-state index contributed by atoms with van der Waals surface area (Å²) >= 11 is 5.83. The fraction of sp³-hybridized carbons (Fsp3) is 0.200. The van der Waals surface area contributed by atoms with Gasteiger partial charge in [-0.15, -0.1) is 0 Å². The Morgan fingerprint density at radius 1 is 1.17 bits per heavy atom. The summed E-state index contributed by atoms with van der Waals surface area (Å²) in [7, 11) is 0. The van der Waals surface area contributed by atoms with Gasteiger partial charge in [0.05, 0.1) is 11.6 Å². The van der Waals surface area contributed by atoms with Crippen molar-refractivity contribution in [2.24, 2.45) is 0 Å². The lowest BCUT2D eigenvalue weighted by Gasteiger charge is -2.15. The molecule has 0 spiro atoms. The van der Waals surface area contributed by atoms with Crippen molar-refractivity contribution in [3.05, 3.63) is 75.1 Å². The third-order valence-electron chi connectivity index (χ3n) is 4.14. The maximum absolute atomic E-state index is 13.1. The van der Waals surface area contributed by atoms with Gasteiger partial charge in [0, 0.05) is 22.5 Å². The van der Waals surface area contributed by atoms with E-state index in [1.807, 2.05) is 0 Å². The second-order valence-corrected chi connectivity index (χ2v) is 6.70. The highest BCUT2D eigenvalue weighted by molar-refractivity contribution is 6.30. The zero-order valence-electron chi connectivity index (χ0n) is 15.0. The van der Waals surface area contributed by atoms with Gasteiger partial charge >= 0.3 is 11.8 Å². The predicted octanol–water partition coefficient (Wildman–Crippen LogP) is 4.72. The molecule has 0 aliphatic heterocycles. The molecule has 0 bridgehead atoms. The normalized spacial score (nSPS) is 12.6. The molecule has 0 fully saturated rings. The number of carbonyl (C=O) groups excluding carboxylic acids is 1. The lowest BCUT2D eigenvalue weighted by atomic mass is 10.1. The molecule has 1 atom stereocenters. The van der Waals surface area contributed by atoms with Gasteiger partial charge in [-0.3, -0.25) is 4.79 Å². The van der Waals surface area contributed by atoms with Crippen LogP contribution in [0, 0.1) is 0 Å².